The molecule has 0 aromatic heterocycles. The van der Waals surface area contributed by atoms with Crippen LogP contribution in [0.15, 0.2) is 0 Å². The first-order valence-corrected chi connectivity index (χ1v) is 18.6. The monoisotopic (exact) mass is 614 g/mol. The highest BCUT2D eigenvalue weighted by atomic mass is 16.6. The Hall–Kier alpha value is -0.730. The minimum Gasteiger partial charge on any atom is -0.394 e. The zero-order chi connectivity index (χ0) is 31.5. The molecule has 1 fully saturated rings. The van der Waals surface area contributed by atoms with Crippen LogP contribution in [0.5, 0.6) is 0 Å². The van der Waals surface area contributed by atoms with Crippen LogP contribution in [0.1, 0.15) is 181 Å². The first kappa shape index (κ1) is 40.3. The summed E-state index contributed by atoms with van der Waals surface area (Å²) < 4.78 is 5.78. The molecule has 0 aromatic carbocycles. The minimum absolute atomic E-state index is 0.0896. The van der Waals surface area contributed by atoms with Crippen LogP contribution < -0.4 is 0 Å². The van der Waals surface area contributed by atoms with Gasteiger partial charge >= 0.3 is 0 Å². The smallest absolute Gasteiger partial charge is 0.224 e. The number of rotatable bonds is 29. The molecule has 0 radical (unpaired) electrons. The van der Waals surface area contributed by atoms with Crippen molar-refractivity contribution in [3.8, 4) is 0 Å². The van der Waals surface area contributed by atoms with Gasteiger partial charge in [-0.1, -0.05) is 162 Å². The predicted molar refractivity (Wildman–Crippen MR) is 177 cm³/mol. The van der Waals surface area contributed by atoms with Crippen molar-refractivity contribution >= 4 is 5.91 Å². The Morgan fingerprint density at radius 3 is 1.30 bits per heavy atom. The van der Waals surface area contributed by atoms with E-state index in [1.54, 1.807) is 4.90 Å². The van der Waals surface area contributed by atoms with E-state index in [4.69, 9.17) is 4.74 Å². The van der Waals surface area contributed by atoms with Gasteiger partial charge in [0.1, 0.15) is 24.4 Å². The fourth-order valence-electron chi connectivity index (χ4n) is 6.29. The highest BCUT2D eigenvalue weighted by Crippen LogP contribution is 2.25. The van der Waals surface area contributed by atoms with Crippen molar-refractivity contribution in [1.29, 1.82) is 0 Å². The zero-order valence-electron chi connectivity index (χ0n) is 28.2. The van der Waals surface area contributed by atoms with Gasteiger partial charge in [-0.15, -0.1) is 0 Å². The van der Waals surface area contributed by atoms with Crippen molar-refractivity contribution < 1.29 is 30.0 Å². The van der Waals surface area contributed by atoms with E-state index in [2.05, 4.69) is 13.8 Å². The Morgan fingerprint density at radius 1 is 0.535 bits per heavy atom. The van der Waals surface area contributed by atoms with Crippen LogP contribution in [0.2, 0.25) is 0 Å². The maximum atomic E-state index is 13.3. The molecule has 1 saturated heterocycles. The standard InChI is InChI=1S/C36H71NO6/c1-3-5-7-9-11-13-14-15-16-17-18-19-21-23-25-27-29-37(36-35(42)34(41)33(40)31(30-38)43-36)32(39)28-26-24-22-20-12-10-8-6-4-2/h31,33-36,38,40-42H,3-30H2,1-2H3/t31-,33+,34+,35-,36-/m1/s1. The molecular weight excluding hydrogens is 542 g/mol. The first-order valence-electron chi connectivity index (χ1n) is 18.6. The molecule has 1 heterocycles. The lowest BCUT2D eigenvalue weighted by Gasteiger charge is -2.44. The largest absolute Gasteiger partial charge is 0.394 e. The molecule has 7 nitrogen and oxygen atoms in total. The molecule has 43 heavy (non-hydrogen) atoms. The van der Waals surface area contributed by atoms with Gasteiger partial charge in [-0.05, 0) is 12.8 Å². The third-order valence-corrected chi connectivity index (χ3v) is 9.24. The number of amides is 1. The molecule has 1 rings (SSSR count). The normalized spacial score (nSPS) is 22.2. The second kappa shape index (κ2) is 27.6. The van der Waals surface area contributed by atoms with Crippen LogP contribution in [0.3, 0.4) is 0 Å². The van der Waals surface area contributed by atoms with E-state index < -0.39 is 37.3 Å². The summed E-state index contributed by atoms with van der Waals surface area (Å²) in [6.45, 7) is 4.45. The average molecular weight is 614 g/mol. The van der Waals surface area contributed by atoms with Gasteiger partial charge in [0.15, 0.2) is 6.23 Å². The minimum atomic E-state index is -1.47. The number of aliphatic hydroxyl groups is 4. The number of ether oxygens (including phenoxy) is 1. The van der Waals surface area contributed by atoms with Crippen molar-refractivity contribution in [3.05, 3.63) is 0 Å². The second-order valence-electron chi connectivity index (χ2n) is 13.2. The Morgan fingerprint density at radius 2 is 0.907 bits per heavy atom. The summed E-state index contributed by atoms with van der Waals surface area (Å²) in [4.78, 5) is 14.9. The molecule has 256 valence electrons. The Bertz CT molecular complexity index is 633. The summed E-state index contributed by atoms with van der Waals surface area (Å²) in [5.41, 5.74) is 0. The zero-order valence-corrected chi connectivity index (χ0v) is 28.2. The van der Waals surface area contributed by atoms with Gasteiger partial charge in [-0.3, -0.25) is 4.79 Å². The van der Waals surface area contributed by atoms with Crippen LogP contribution in [-0.4, -0.2) is 75.0 Å². The van der Waals surface area contributed by atoms with Crippen LogP contribution in [0, 0.1) is 0 Å². The molecule has 4 N–H and O–H groups in total. The molecule has 1 amide bonds. The summed E-state index contributed by atoms with van der Waals surface area (Å²) in [6.07, 6.45) is 25.0. The fraction of sp³-hybridized carbons (Fsp3) is 0.972. The van der Waals surface area contributed by atoms with Crippen LogP contribution in [0.25, 0.3) is 0 Å². The average Bonchev–Trinajstić information content (AvgIpc) is 3.01. The van der Waals surface area contributed by atoms with E-state index in [0.29, 0.717) is 13.0 Å². The lowest BCUT2D eigenvalue weighted by atomic mass is 9.97. The van der Waals surface area contributed by atoms with Crippen LogP contribution in [0.4, 0.5) is 0 Å². The fourth-order valence-corrected chi connectivity index (χ4v) is 6.29. The summed E-state index contributed by atoms with van der Waals surface area (Å²) in [6, 6.07) is 0. The summed E-state index contributed by atoms with van der Waals surface area (Å²) in [5, 5.41) is 40.9. The van der Waals surface area contributed by atoms with E-state index in [1.807, 2.05) is 0 Å². The third kappa shape index (κ3) is 18.7. The summed E-state index contributed by atoms with van der Waals surface area (Å²) in [5.74, 6) is -0.0896. The third-order valence-electron chi connectivity index (χ3n) is 9.24. The second-order valence-corrected chi connectivity index (χ2v) is 13.2. The number of hydrogen-bond donors (Lipinski definition) is 4. The number of hydrogen-bond acceptors (Lipinski definition) is 6. The lowest BCUT2D eigenvalue weighted by molar-refractivity contribution is -0.262. The van der Waals surface area contributed by atoms with Crippen molar-refractivity contribution in [1.82, 2.24) is 4.90 Å². The Labute approximate surface area is 265 Å². The topological polar surface area (TPSA) is 110 Å². The number of aliphatic hydroxyl groups excluding tert-OH is 4. The molecule has 1 aliphatic heterocycles. The van der Waals surface area contributed by atoms with E-state index in [1.165, 1.54) is 122 Å². The highest BCUT2D eigenvalue weighted by Gasteiger charge is 2.46. The molecule has 0 saturated carbocycles. The molecule has 7 heteroatoms. The van der Waals surface area contributed by atoms with Gasteiger partial charge in [-0.2, -0.15) is 0 Å². The van der Waals surface area contributed by atoms with E-state index >= 15 is 0 Å². The molecule has 5 atom stereocenters. The molecule has 0 spiro atoms. The summed E-state index contributed by atoms with van der Waals surface area (Å²) in [7, 11) is 0. The van der Waals surface area contributed by atoms with Crippen molar-refractivity contribution in [2.75, 3.05) is 13.2 Å². The van der Waals surface area contributed by atoms with Gasteiger partial charge in [-0.25, -0.2) is 0 Å². The first-order chi connectivity index (χ1) is 21.0. The number of unbranched alkanes of at least 4 members (excludes halogenated alkanes) is 23. The Kier molecular flexibility index (Phi) is 25.8. The predicted octanol–water partition coefficient (Wildman–Crippen LogP) is 7.80. The number of carbonyl (C=O) groups excluding carboxylic acids is 1. The summed E-state index contributed by atoms with van der Waals surface area (Å²) >= 11 is 0. The van der Waals surface area contributed by atoms with Gasteiger partial charge in [0.2, 0.25) is 5.91 Å². The van der Waals surface area contributed by atoms with Gasteiger partial charge in [0.05, 0.1) is 6.61 Å². The van der Waals surface area contributed by atoms with Crippen molar-refractivity contribution in [2.24, 2.45) is 0 Å². The van der Waals surface area contributed by atoms with Crippen molar-refractivity contribution in [2.45, 2.75) is 211 Å². The van der Waals surface area contributed by atoms with E-state index in [-0.39, 0.29) is 5.91 Å². The SMILES string of the molecule is CCCCCCCCCCCCCCCCCCN(C(=O)CCCCCCCCCCC)[C@@H]1O[C@H](CO)[C@H](O)[C@H](O)[C@H]1O. The van der Waals surface area contributed by atoms with Crippen molar-refractivity contribution in [3.63, 3.8) is 0 Å². The van der Waals surface area contributed by atoms with Gasteiger partial charge in [0, 0.05) is 13.0 Å². The Balaban J connectivity index is 2.33. The van der Waals surface area contributed by atoms with E-state index in [9.17, 15) is 25.2 Å². The molecular formula is C36H71NO6. The van der Waals surface area contributed by atoms with Crippen LogP contribution in [-0.2, 0) is 9.53 Å². The quantitative estimate of drug-likeness (QED) is 0.0641. The van der Waals surface area contributed by atoms with Gasteiger partial charge < -0.3 is 30.1 Å². The van der Waals surface area contributed by atoms with Gasteiger partial charge in [0.25, 0.3) is 0 Å². The highest BCUT2D eigenvalue weighted by molar-refractivity contribution is 5.76. The molecule has 0 aliphatic carbocycles. The number of nitrogens with zero attached hydrogens (tertiary/aromatic N) is 1. The molecule has 1 aliphatic rings. The molecule has 0 unspecified atom stereocenters. The lowest BCUT2D eigenvalue weighted by Crippen LogP contribution is -2.64. The molecule has 0 aromatic rings. The maximum absolute atomic E-state index is 13.3. The van der Waals surface area contributed by atoms with E-state index in [0.717, 1.165) is 38.5 Å². The molecule has 0 bridgehead atoms. The van der Waals surface area contributed by atoms with Crippen LogP contribution >= 0.6 is 0 Å². The number of carbonyl (C=O) groups is 1. The maximum Gasteiger partial charge on any atom is 0.224 e.